The summed E-state index contributed by atoms with van der Waals surface area (Å²) in [5, 5.41) is 8.04. The molecule has 1 aliphatic carbocycles. The molecule has 0 aromatic heterocycles. The molecule has 1 unspecified atom stereocenters. The summed E-state index contributed by atoms with van der Waals surface area (Å²) >= 11 is 0. The van der Waals surface area contributed by atoms with E-state index in [0.29, 0.717) is 18.4 Å². The van der Waals surface area contributed by atoms with Gasteiger partial charge in [0, 0.05) is 20.7 Å². The van der Waals surface area contributed by atoms with Crippen LogP contribution in [0.15, 0.2) is 0 Å². The first kappa shape index (κ1) is 12.5. The minimum absolute atomic E-state index is 0.0188. The lowest BCUT2D eigenvalue weighted by molar-refractivity contribution is 0.0460. The summed E-state index contributed by atoms with van der Waals surface area (Å²) in [6, 6.07) is 0. The first-order valence-corrected chi connectivity index (χ1v) is 6.04. The molecule has 1 fully saturated rings. The molecule has 1 N–H and O–H groups in total. The lowest BCUT2D eigenvalue weighted by Gasteiger charge is -2.32. The molecule has 3 nitrogen and oxygen atoms in total. The Morgan fingerprint density at radius 1 is 1.33 bits per heavy atom. The van der Waals surface area contributed by atoms with E-state index in [2.05, 4.69) is 0 Å². The summed E-state index contributed by atoms with van der Waals surface area (Å²) in [5.74, 6) is 1.19. The van der Waals surface area contributed by atoms with E-state index in [-0.39, 0.29) is 6.10 Å². The average molecular weight is 212 g/mol. The maximum absolute atomic E-state index is 8.04. The molecule has 0 aliphatic heterocycles. The van der Waals surface area contributed by atoms with Crippen LogP contribution in [0.5, 0.6) is 0 Å². The van der Waals surface area contributed by atoms with Gasteiger partial charge in [0.05, 0.1) is 0 Å². The standard InChI is InChI=1S/C12H24N2O/c1-4-15-11(12(13)14(2)3)10-8-6-5-7-9-10/h10-11,13H,4-9H2,1-3H3. The third kappa shape index (κ3) is 3.49. The smallest absolute Gasteiger partial charge is 0.125 e. The Balaban J connectivity index is 2.58. The highest BCUT2D eigenvalue weighted by molar-refractivity contribution is 5.83. The monoisotopic (exact) mass is 212 g/mol. The molecule has 0 bridgehead atoms. The van der Waals surface area contributed by atoms with Crippen molar-refractivity contribution in [2.24, 2.45) is 5.92 Å². The van der Waals surface area contributed by atoms with Crippen LogP contribution >= 0.6 is 0 Å². The van der Waals surface area contributed by atoms with Gasteiger partial charge in [-0.15, -0.1) is 0 Å². The van der Waals surface area contributed by atoms with Crippen molar-refractivity contribution in [1.82, 2.24) is 4.90 Å². The van der Waals surface area contributed by atoms with E-state index >= 15 is 0 Å². The molecule has 1 aliphatic rings. The zero-order valence-corrected chi connectivity index (χ0v) is 10.3. The summed E-state index contributed by atoms with van der Waals surface area (Å²) in [6.07, 6.45) is 6.42. The molecule has 0 aromatic rings. The Morgan fingerprint density at radius 3 is 2.40 bits per heavy atom. The zero-order valence-electron chi connectivity index (χ0n) is 10.3. The number of nitrogens with one attached hydrogen (secondary N) is 1. The maximum Gasteiger partial charge on any atom is 0.125 e. The number of likely N-dealkylation sites (N-methyl/N-ethyl adjacent to an activating group) is 1. The van der Waals surface area contributed by atoms with Gasteiger partial charge in [-0.3, -0.25) is 5.41 Å². The van der Waals surface area contributed by atoms with Crippen molar-refractivity contribution < 1.29 is 4.74 Å². The molecule has 1 atom stereocenters. The Morgan fingerprint density at radius 2 is 1.93 bits per heavy atom. The van der Waals surface area contributed by atoms with Crippen LogP contribution in [0.4, 0.5) is 0 Å². The number of hydrogen-bond acceptors (Lipinski definition) is 2. The fourth-order valence-electron chi connectivity index (χ4n) is 2.31. The van der Waals surface area contributed by atoms with E-state index < -0.39 is 0 Å². The Kier molecular flexibility index (Phi) is 5.09. The van der Waals surface area contributed by atoms with Gasteiger partial charge >= 0.3 is 0 Å². The maximum atomic E-state index is 8.04. The van der Waals surface area contributed by atoms with Crippen LogP contribution in [0.2, 0.25) is 0 Å². The van der Waals surface area contributed by atoms with Crippen molar-refractivity contribution in [3.05, 3.63) is 0 Å². The lowest BCUT2D eigenvalue weighted by Crippen LogP contribution is -2.41. The van der Waals surface area contributed by atoms with Crippen LogP contribution < -0.4 is 0 Å². The van der Waals surface area contributed by atoms with Gasteiger partial charge in [0.15, 0.2) is 0 Å². The number of hydrogen-bond donors (Lipinski definition) is 1. The van der Waals surface area contributed by atoms with Crippen molar-refractivity contribution >= 4 is 5.84 Å². The first-order chi connectivity index (χ1) is 7.16. The second-order valence-electron chi connectivity index (χ2n) is 4.55. The summed E-state index contributed by atoms with van der Waals surface area (Å²) < 4.78 is 5.74. The summed E-state index contributed by atoms with van der Waals surface area (Å²) in [6.45, 7) is 2.72. The van der Waals surface area contributed by atoms with Gasteiger partial charge in [0.2, 0.25) is 0 Å². The van der Waals surface area contributed by atoms with E-state index in [0.717, 1.165) is 0 Å². The minimum Gasteiger partial charge on any atom is -0.370 e. The normalized spacial score (nSPS) is 19.9. The van der Waals surface area contributed by atoms with Crippen molar-refractivity contribution in [3.8, 4) is 0 Å². The SMILES string of the molecule is CCOC(C(=N)N(C)C)C1CCCCC1. The molecule has 1 rings (SSSR count). The fourth-order valence-corrected chi connectivity index (χ4v) is 2.31. The number of rotatable bonds is 4. The predicted octanol–water partition coefficient (Wildman–Crippen LogP) is 2.51. The molecule has 15 heavy (non-hydrogen) atoms. The summed E-state index contributed by atoms with van der Waals surface area (Å²) in [7, 11) is 3.86. The Hall–Kier alpha value is -0.570. The Labute approximate surface area is 93.3 Å². The molecule has 3 heteroatoms. The molecular weight excluding hydrogens is 188 g/mol. The number of nitrogens with zero attached hydrogens (tertiary/aromatic N) is 1. The van der Waals surface area contributed by atoms with Crippen molar-refractivity contribution in [1.29, 1.82) is 5.41 Å². The molecule has 0 amide bonds. The molecule has 88 valence electrons. The van der Waals surface area contributed by atoms with E-state index in [1.165, 1.54) is 32.1 Å². The number of ether oxygens (including phenoxy) is 1. The first-order valence-electron chi connectivity index (χ1n) is 6.04. The highest BCUT2D eigenvalue weighted by atomic mass is 16.5. The van der Waals surface area contributed by atoms with Crippen LogP contribution in [-0.4, -0.2) is 37.5 Å². The van der Waals surface area contributed by atoms with Crippen molar-refractivity contribution in [2.45, 2.75) is 45.1 Å². The van der Waals surface area contributed by atoms with Crippen LogP contribution in [0.1, 0.15) is 39.0 Å². The van der Waals surface area contributed by atoms with Crippen molar-refractivity contribution in [2.75, 3.05) is 20.7 Å². The van der Waals surface area contributed by atoms with Gasteiger partial charge in [0.25, 0.3) is 0 Å². The summed E-state index contributed by atoms with van der Waals surface area (Å²) in [5.41, 5.74) is 0. The molecular formula is C12H24N2O. The lowest BCUT2D eigenvalue weighted by atomic mass is 9.84. The van der Waals surface area contributed by atoms with Crippen molar-refractivity contribution in [3.63, 3.8) is 0 Å². The zero-order chi connectivity index (χ0) is 11.3. The third-order valence-corrected chi connectivity index (χ3v) is 3.18. The van der Waals surface area contributed by atoms with Gasteiger partial charge < -0.3 is 9.64 Å². The Bertz CT molecular complexity index is 198. The van der Waals surface area contributed by atoms with E-state index in [1.54, 1.807) is 0 Å². The topological polar surface area (TPSA) is 36.3 Å². The summed E-state index contributed by atoms with van der Waals surface area (Å²) in [4.78, 5) is 1.87. The highest BCUT2D eigenvalue weighted by Gasteiger charge is 2.28. The quantitative estimate of drug-likeness (QED) is 0.574. The predicted molar refractivity (Wildman–Crippen MR) is 63.4 cm³/mol. The van der Waals surface area contributed by atoms with Gasteiger partial charge in [0.1, 0.15) is 11.9 Å². The molecule has 1 saturated carbocycles. The number of amidine groups is 1. The molecule has 0 spiro atoms. The van der Waals surface area contributed by atoms with E-state index in [4.69, 9.17) is 10.1 Å². The highest BCUT2D eigenvalue weighted by Crippen LogP contribution is 2.28. The van der Waals surface area contributed by atoms with Crippen LogP contribution in [0.3, 0.4) is 0 Å². The van der Waals surface area contributed by atoms with E-state index in [9.17, 15) is 0 Å². The van der Waals surface area contributed by atoms with Crippen LogP contribution in [0, 0.1) is 11.3 Å². The second kappa shape index (κ2) is 6.11. The molecule has 0 radical (unpaired) electrons. The van der Waals surface area contributed by atoms with E-state index in [1.807, 2.05) is 25.9 Å². The fraction of sp³-hybridized carbons (Fsp3) is 0.917. The molecule has 0 aromatic carbocycles. The molecule has 0 heterocycles. The van der Waals surface area contributed by atoms with Gasteiger partial charge in [-0.1, -0.05) is 19.3 Å². The van der Waals surface area contributed by atoms with Gasteiger partial charge in [-0.2, -0.15) is 0 Å². The van der Waals surface area contributed by atoms with Gasteiger partial charge in [-0.05, 0) is 25.7 Å². The third-order valence-electron chi connectivity index (χ3n) is 3.18. The molecule has 0 saturated heterocycles. The van der Waals surface area contributed by atoms with Crippen LogP contribution in [0.25, 0.3) is 0 Å². The minimum atomic E-state index is 0.0188. The second-order valence-corrected chi connectivity index (χ2v) is 4.55. The average Bonchev–Trinajstić information content (AvgIpc) is 2.26. The largest absolute Gasteiger partial charge is 0.370 e. The van der Waals surface area contributed by atoms with Gasteiger partial charge in [-0.25, -0.2) is 0 Å². The van der Waals surface area contributed by atoms with Crippen LogP contribution in [-0.2, 0) is 4.74 Å².